The summed E-state index contributed by atoms with van der Waals surface area (Å²) < 4.78 is 0. The van der Waals surface area contributed by atoms with Crippen molar-refractivity contribution in [2.24, 2.45) is 0 Å². The minimum Gasteiger partial charge on any atom is -0.324 e. The highest BCUT2D eigenvalue weighted by molar-refractivity contribution is 8.22. The van der Waals surface area contributed by atoms with Gasteiger partial charge in [0.15, 0.2) is 0 Å². The highest BCUT2D eigenvalue weighted by atomic mass is 32.2. The van der Waals surface area contributed by atoms with Crippen LogP contribution in [-0.2, 0) is 11.2 Å². The van der Waals surface area contributed by atoms with Gasteiger partial charge in [0.2, 0.25) is 5.91 Å². The first-order chi connectivity index (χ1) is 7.33. The maximum Gasteiger partial charge on any atom is 0.228 e. The van der Waals surface area contributed by atoms with E-state index in [1.165, 1.54) is 0 Å². The fourth-order valence-corrected chi connectivity index (χ4v) is 3.21. The average Bonchev–Trinajstić information content (AvgIpc) is 2.82. The minimum atomic E-state index is -0.372. The summed E-state index contributed by atoms with van der Waals surface area (Å²) in [7, 11) is -0.372. The van der Waals surface area contributed by atoms with Crippen LogP contribution in [0.1, 0.15) is 5.56 Å². The van der Waals surface area contributed by atoms with Crippen molar-refractivity contribution in [2.45, 2.75) is 11.4 Å². The van der Waals surface area contributed by atoms with E-state index in [0.717, 1.165) is 16.3 Å². The van der Waals surface area contributed by atoms with E-state index < -0.39 is 0 Å². The zero-order valence-corrected chi connectivity index (χ0v) is 8.87. The van der Waals surface area contributed by atoms with Gasteiger partial charge < -0.3 is 5.32 Å². The standard InChI is InChI=1S/C11H10N2OS/c14-10-5-8-6-11(12-7-9(8)13-10)15-3-1-2-4-15/h1-4,6-7,15H,5H2,(H,13,14). The fraction of sp³-hybridized carbons (Fsp3) is 0.0909. The van der Waals surface area contributed by atoms with Crippen LogP contribution in [0.15, 0.2) is 40.3 Å². The van der Waals surface area contributed by atoms with E-state index >= 15 is 0 Å². The number of allylic oxidation sites excluding steroid dienone is 2. The van der Waals surface area contributed by atoms with E-state index in [2.05, 4.69) is 21.1 Å². The van der Waals surface area contributed by atoms with Gasteiger partial charge in [0.05, 0.1) is 23.3 Å². The molecule has 3 heterocycles. The first-order valence-electron chi connectivity index (χ1n) is 4.75. The van der Waals surface area contributed by atoms with Gasteiger partial charge in [-0.25, -0.2) is 4.98 Å². The number of carbonyl (C=O) groups is 1. The largest absolute Gasteiger partial charge is 0.324 e. The topological polar surface area (TPSA) is 42.0 Å². The summed E-state index contributed by atoms with van der Waals surface area (Å²) in [6.07, 6.45) is 6.34. The van der Waals surface area contributed by atoms with Gasteiger partial charge >= 0.3 is 0 Å². The van der Waals surface area contributed by atoms with Gasteiger partial charge in [-0.15, -0.1) is 0 Å². The number of aromatic nitrogens is 1. The Morgan fingerprint density at radius 3 is 2.93 bits per heavy atom. The Balaban J connectivity index is 1.99. The molecule has 0 unspecified atom stereocenters. The third-order valence-corrected chi connectivity index (χ3v) is 4.23. The summed E-state index contributed by atoms with van der Waals surface area (Å²) in [4.78, 5) is 15.5. The quantitative estimate of drug-likeness (QED) is 0.708. The van der Waals surface area contributed by atoms with Crippen LogP contribution in [0.4, 0.5) is 5.69 Å². The smallest absolute Gasteiger partial charge is 0.228 e. The second-order valence-corrected chi connectivity index (χ2v) is 5.38. The Morgan fingerprint density at radius 1 is 1.33 bits per heavy atom. The molecule has 0 bridgehead atoms. The Kier molecular flexibility index (Phi) is 1.89. The average molecular weight is 218 g/mol. The number of nitrogens with one attached hydrogen (secondary N) is 1. The molecule has 0 radical (unpaired) electrons. The highest BCUT2D eigenvalue weighted by Crippen LogP contribution is 2.41. The summed E-state index contributed by atoms with van der Waals surface area (Å²) >= 11 is 0. The molecule has 0 saturated heterocycles. The second-order valence-electron chi connectivity index (χ2n) is 3.51. The van der Waals surface area contributed by atoms with E-state index in [1.807, 2.05) is 18.2 Å². The van der Waals surface area contributed by atoms with Crippen molar-refractivity contribution in [3.63, 3.8) is 0 Å². The van der Waals surface area contributed by atoms with Crippen LogP contribution in [0.25, 0.3) is 0 Å². The van der Waals surface area contributed by atoms with E-state index in [4.69, 9.17) is 0 Å². The van der Waals surface area contributed by atoms with Gasteiger partial charge in [0, 0.05) is 0 Å². The number of amides is 1. The zero-order valence-electron chi connectivity index (χ0n) is 7.97. The predicted octanol–water partition coefficient (Wildman–Crippen LogP) is 1.98. The zero-order chi connectivity index (χ0) is 10.3. The summed E-state index contributed by atoms with van der Waals surface area (Å²) in [6.45, 7) is 0. The van der Waals surface area contributed by atoms with E-state index in [1.54, 1.807) is 6.20 Å². The summed E-state index contributed by atoms with van der Waals surface area (Å²) in [5, 5.41) is 8.18. The van der Waals surface area contributed by atoms with Gasteiger partial charge in [-0.2, -0.15) is 10.9 Å². The highest BCUT2D eigenvalue weighted by Gasteiger charge is 2.19. The number of fused-ring (bicyclic) bond motifs is 1. The number of pyridine rings is 1. The monoisotopic (exact) mass is 218 g/mol. The molecule has 3 nitrogen and oxygen atoms in total. The first kappa shape index (κ1) is 8.73. The van der Waals surface area contributed by atoms with Crippen LogP contribution in [0.3, 0.4) is 0 Å². The summed E-state index contributed by atoms with van der Waals surface area (Å²) in [6, 6.07) is 2.04. The van der Waals surface area contributed by atoms with Crippen LogP contribution >= 0.6 is 10.9 Å². The molecule has 1 aromatic rings. The van der Waals surface area contributed by atoms with Gasteiger partial charge in [0.1, 0.15) is 0 Å². The van der Waals surface area contributed by atoms with Gasteiger partial charge in [-0.05, 0) is 22.4 Å². The van der Waals surface area contributed by atoms with Crippen LogP contribution in [0.2, 0.25) is 0 Å². The lowest BCUT2D eigenvalue weighted by atomic mass is 10.2. The molecule has 0 aliphatic carbocycles. The molecule has 0 aromatic carbocycles. The van der Waals surface area contributed by atoms with E-state index in [0.29, 0.717) is 6.42 Å². The van der Waals surface area contributed by atoms with Crippen LogP contribution in [0, 0.1) is 0 Å². The third-order valence-electron chi connectivity index (χ3n) is 2.47. The molecule has 3 rings (SSSR count). The molecule has 15 heavy (non-hydrogen) atoms. The molecule has 0 fully saturated rings. The van der Waals surface area contributed by atoms with Gasteiger partial charge in [-0.1, -0.05) is 12.2 Å². The van der Waals surface area contributed by atoms with Gasteiger partial charge in [-0.3, -0.25) is 4.79 Å². The predicted molar refractivity (Wildman–Crippen MR) is 62.1 cm³/mol. The minimum absolute atomic E-state index is 0.0641. The van der Waals surface area contributed by atoms with Crippen molar-refractivity contribution >= 4 is 22.5 Å². The molecular weight excluding hydrogens is 208 g/mol. The Labute approximate surface area is 90.3 Å². The number of carbonyl (C=O) groups excluding carboxylic acids is 1. The molecular formula is C11H10N2OS. The number of hydrogen-bond donors (Lipinski definition) is 2. The normalized spacial score (nSPS) is 19.5. The molecule has 0 atom stereocenters. The summed E-state index contributed by atoms with van der Waals surface area (Å²) in [5.74, 6) is 0.0641. The lowest BCUT2D eigenvalue weighted by Crippen LogP contribution is -2.03. The Morgan fingerprint density at radius 2 is 2.13 bits per heavy atom. The summed E-state index contributed by atoms with van der Waals surface area (Å²) in [5.41, 5.74) is 1.94. The fourth-order valence-electron chi connectivity index (χ4n) is 1.74. The van der Waals surface area contributed by atoms with E-state index in [9.17, 15) is 4.79 Å². The van der Waals surface area contributed by atoms with Crippen molar-refractivity contribution in [3.05, 3.63) is 40.8 Å². The molecule has 4 heteroatoms. The lowest BCUT2D eigenvalue weighted by molar-refractivity contribution is -0.115. The third kappa shape index (κ3) is 1.47. The van der Waals surface area contributed by atoms with Crippen molar-refractivity contribution in [1.29, 1.82) is 0 Å². The Bertz CT molecular complexity index is 481. The number of thiol groups is 1. The first-order valence-corrected chi connectivity index (χ1v) is 6.23. The van der Waals surface area contributed by atoms with Crippen molar-refractivity contribution in [1.82, 2.24) is 4.98 Å². The molecule has 0 saturated carbocycles. The van der Waals surface area contributed by atoms with Crippen molar-refractivity contribution in [3.8, 4) is 0 Å². The molecule has 1 aromatic heterocycles. The molecule has 2 aliphatic heterocycles. The molecule has 0 spiro atoms. The molecule has 2 aliphatic rings. The van der Waals surface area contributed by atoms with Crippen LogP contribution in [-0.4, -0.2) is 10.9 Å². The van der Waals surface area contributed by atoms with Crippen molar-refractivity contribution in [2.75, 3.05) is 5.32 Å². The Hall–Kier alpha value is -1.55. The maximum absolute atomic E-state index is 11.2. The van der Waals surface area contributed by atoms with Gasteiger partial charge in [0.25, 0.3) is 0 Å². The van der Waals surface area contributed by atoms with Crippen molar-refractivity contribution < 1.29 is 4.79 Å². The van der Waals surface area contributed by atoms with Crippen LogP contribution in [0.5, 0.6) is 0 Å². The second kappa shape index (κ2) is 3.24. The lowest BCUT2D eigenvalue weighted by Gasteiger charge is -2.09. The number of nitrogens with zero attached hydrogens (tertiary/aromatic N) is 1. The number of hydrogen-bond acceptors (Lipinski definition) is 2. The molecule has 1 amide bonds. The maximum atomic E-state index is 11.2. The number of rotatable bonds is 1. The van der Waals surface area contributed by atoms with E-state index in [-0.39, 0.29) is 16.8 Å². The molecule has 1 N–H and O–H groups in total. The SMILES string of the molecule is O=C1Cc2cc([SH]3C=CC=C3)ncc2N1. The molecule has 76 valence electrons. The van der Waals surface area contributed by atoms with Crippen LogP contribution < -0.4 is 5.32 Å². The number of anilines is 1.